The monoisotopic (exact) mass is 222 g/mol. The van der Waals surface area contributed by atoms with Crippen LogP contribution in [0, 0.1) is 16.7 Å². The normalized spacial score (nSPS) is 31.0. The van der Waals surface area contributed by atoms with E-state index in [1.54, 1.807) is 0 Å². The molecule has 1 aliphatic carbocycles. The van der Waals surface area contributed by atoms with Crippen LogP contribution in [0.1, 0.15) is 34.6 Å². The molecule has 1 atom stereocenters. The van der Waals surface area contributed by atoms with E-state index < -0.39 is 0 Å². The average molecular weight is 222 g/mol. The number of hydrogen-bond acceptors (Lipinski definition) is 2. The first-order valence-electron chi connectivity index (χ1n) is 5.93. The molecule has 1 fully saturated rings. The van der Waals surface area contributed by atoms with Gasteiger partial charge in [-0.2, -0.15) is 0 Å². The fourth-order valence-electron chi connectivity index (χ4n) is 2.84. The van der Waals surface area contributed by atoms with Crippen molar-refractivity contribution < 1.29 is 4.79 Å². The zero-order valence-corrected chi connectivity index (χ0v) is 11.1. The number of amides is 1. The van der Waals surface area contributed by atoms with Crippen molar-refractivity contribution in [3.8, 4) is 0 Å². The molecule has 90 valence electrons. The Labute approximate surface area is 98.1 Å². The molecule has 3 nitrogen and oxygen atoms in total. The topological polar surface area (TPSA) is 23.6 Å². The maximum Gasteiger partial charge on any atom is 0.232 e. The molecule has 1 unspecified atom stereocenters. The van der Waals surface area contributed by atoms with Crippen LogP contribution in [-0.2, 0) is 4.79 Å². The molecule has 2 rings (SSSR count). The molecule has 1 heterocycles. The lowest BCUT2D eigenvalue weighted by atomic mass is 10.0. The second-order valence-electron chi connectivity index (χ2n) is 6.22. The second-order valence-corrected chi connectivity index (χ2v) is 6.22. The number of rotatable bonds is 1. The Bertz CT molecular complexity index is 343. The fraction of sp³-hybridized carbons (Fsp3) is 0.769. The van der Waals surface area contributed by atoms with Crippen molar-refractivity contribution in [3.63, 3.8) is 0 Å². The summed E-state index contributed by atoms with van der Waals surface area (Å²) in [7, 11) is 2.00. The van der Waals surface area contributed by atoms with E-state index in [0.717, 1.165) is 0 Å². The van der Waals surface area contributed by atoms with Crippen LogP contribution >= 0.6 is 0 Å². The predicted octanol–water partition coefficient (Wildman–Crippen LogP) is 2.26. The Morgan fingerprint density at radius 2 is 1.62 bits per heavy atom. The Morgan fingerprint density at radius 1 is 1.12 bits per heavy atom. The van der Waals surface area contributed by atoms with Gasteiger partial charge in [-0.1, -0.05) is 27.7 Å². The molecular formula is C13H22N2O. The van der Waals surface area contributed by atoms with Gasteiger partial charge in [-0.15, -0.1) is 0 Å². The molecule has 0 N–H and O–H groups in total. The van der Waals surface area contributed by atoms with Crippen molar-refractivity contribution in [2.75, 3.05) is 7.05 Å². The summed E-state index contributed by atoms with van der Waals surface area (Å²) in [5, 5.41) is 0. The van der Waals surface area contributed by atoms with Gasteiger partial charge in [0, 0.05) is 25.4 Å². The maximum absolute atomic E-state index is 12.4. The predicted molar refractivity (Wildman–Crippen MR) is 64.3 cm³/mol. The van der Waals surface area contributed by atoms with Gasteiger partial charge in [0.1, 0.15) is 6.17 Å². The molecule has 1 aliphatic heterocycles. The molecule has 0 bridgehead atoms. The number of carbonyl (C=O) groups excluding carboxylic acids is 1. The number of nitrogens with zero attached hydrogens (tertiary/aromatic N) is 2. The van der Waals surface area contributed by atoms with Crippen LogP contribution in [0.25, 0.3) is 0 Å². The Kier molecular flexibility index (Phi) is 2.17. The van der Waals surface area contributed by atoms with Crippen LogP contribution in [0.4, 0.5) is 0 Å². The van der Waals surface area contributed by atoms with E-state index in [4.69, 9.17) is 0 Å². The van der Waals surface area contributed by atoms with E-state index in [2.05, 4.69) is 39.5 Å². The van der Waals surface area contributed by atoms with Crippen molar-refractivity contribution in [1.29, 1.82) is 0 Å². The van der Waals surface area contributed by atoms with Gasteiger partial charge in [0.05, 0.1) is 0 Å². The Hall–Kier alpha value is -0.990. The van der Waals surface area contributed by atoms with E-state index in [9.17, 15) is 4.79 Å². The summed E-state index contributed by atoms with van der Waals surface area (Å²) >= 11 is 0. The lowest BCUT2D eigenvalue weighted by molar-refractivity contribution is -0.133. The number of hydrogen-bond donors (Lipinski definition) is 0. The van der Waals surface area contributed by atoms with Gasteiger partial charge in [-0.3, -0.25) is 9.69 Å². The molecule has 0 aromatic rings. The van der Waals surface area contributed by atoms with Gasteiger partial charge in [0.25, 0.3) is 0 Å². The zero-order valence-electron chi connectivity index (χ0n) is 11.1. The first-order valence-corrected chi connectivity index (χ1v) is 5.93. The molecule has 0 aromatic carbocycles. The third-order valence-corrected chi connectivity index (χ3v) is 4.98. The summed E-state index contributed by atoms with van der Waals surface area (Å²) < 4.78 is 0. The van der Waals surface area contributed by atoms with Crippen LogP contribution in [0.15, 0.2) is 12.4 Å². The smallest absolute Gasteiger partial charge is 0.232 e. The lowest BCUT2D eigenvalue weighted by Gasteiger charge is -2.26. The van der Waals surface area contributed by atoms with Crippen molar-refractivity contribution in [2.45, 2.75) is 40.8 Å². The molecule has 0 aromatic heterocycles. The molecule has 0 radical (unpaired) electrons. The summed E-state index contributed by atoms with van der Waals surface area (Å²) in [4.78, 5) is 16.4. The average Bonchev–Trinajstić information content (AvgIpc) is 2.40. The third-order valence-electron chi connectivity index (χ3n) is 4.98. The van der Waals surface area contributed by atoms with Gasteiger partial charge >= 0.3 is 0 Å². The minimum atomic E-state index is 0.124. The SMILES string of the molecule is CC1N(C)C=CN1C(=O)C1C(C)(C)C1(C)C. The lowest BCUT2D eigenvalue weighted by Crippen LogP contribution is -2.39. The molecule has 0 saturated heterocycles. The molecular weight excluding hydrogens is 200 g/mol. The Balaban J connectivity index is 2.15. The van der Waals surface area contributed by atoms with Crippen LogP contribution in [0.5, 0.6) is 0 Å². The summed E-state index contributed by atoms with van der Waals surface area (Å²) in [6.07, 6.45) is 4.02. The summed E-state index contributed by atoms with van der Waals surface area (Å²) in [6, 6.07) is 0. The van der Waals surface area contributed by atoms with Crippen molar-refractivity contribution in [1.82, 2.24) is 9.80 Å². The molecule has 0 spiro atoms. The highest BCUT2D eigenvalue weighted by atomic mass is 16.2. The summed E-state index contributed by atoms with van der Waals surface area (Å²) in [5.74, 6) is 0.418. The number of carbonyl (C=O) groups is 1. The highest BCUT2D eigenvalue weighted by Gasteiger charge is 2.69. The van der Waals surface area contributed by atoms with Crippen LogP contribution in [-0.4, -0.2) is 28.9 Å². The van der Waals surface area contributed by atoms with E-state index in [1.165, 1.54) is 0 Å². The standard InChI is InChI=1S/C13H22N2O/c1-9-14(6)7-8-15(9)11(16)10-12(2,3)13(10,4)5/h7-10H,1-6H3. The molecule has 1 saturated carbocycles. The minimum Gasteiger partial charge on any atom is -0.359 e. The third kappa shape index (κ3) is 1.23. The first-order chi connectivity index (χ1) is 7.21. The molecule has 3 heteroatoms. The first kappa shape index (κ1) is 11.5. The van der Waals surface area contributed by atoms with Crippen LogP contribution in [0.2, 0.25) is 0 Å². The zero-order chi connectivity index (χ0) is 12.3. The summed E-state index contributed by atoms with van der Waals surface area (Å²) in [5.41, 5.74) is 0.248. The van der Waals surface area contributed by atoms with Gasteiger partial charge in [0.2, 0.25) is 5.91 Å². The van der Waals surface area contributed by atoms with E-state index in [0.29, 0.717) is 0 Å². The Morgan fingerprint density at radius 3 is 1.94 bits per heavy atom. The fourth-order valence-corrected chi connectivity index (χ4v) is 2.84. The minimum absolute atomic E-state index is 0.124. The van der Waals surface area contributed by atoms with Gasteiger partial charge < -0.3 is 4.90 Å². The van der Waals surface area contributed by atoms with Gasteiger partial charge in [-0.25, -0.2) is 0 Å². The van der Waals surface area contributed by atoms with Crippen LogP contribution < -0.4 is 0 Å². The van der Waals surface area contributed by atoms with Crippen molar-refractivity contribution in [3.05, 3.63) is 12.4 Å². The van der Waals surface area contributed by atoms with E-state index >= 15 is 0 Å². The van der Waals surface area contributed by atoms with Crippen molar-refractivity contribution in [2.24, 2.45) is 16.7 Å². The quantitative estimate of drug-likeness (QED) is 0.679. The maximum atomic E-state index is 12.4. The highest BCUT2D eigenvalue weighted by Crippen LogP contribution is 2.68. The van der Waals surface area contributed by atoms with E-state index in [-0.39, 0.29) is 28.8 Å². The molecule has 2 aliphatic rings. The molecule has 1 amide bonds. The molecule has 16 heavy (non-hydrogen) atoms. The van der Waals surface area contributed by atoms with E-state index in [1.807, 2.05) is 24.3 Å². The largest absolute Gasteiger partial charge is 0.359 e. The van der Waals surface area contributed by atoms with Gasteiger partial charge in [0.15, 0.2) is 0 Å². The van der Waals surface area contributed by atoms with Crippen LogP contribution in [0.3, 0.4) is 0 Å². The second kappa shape index (κ2) is 3.02. The highest BCUT2D eigenvalue weighted by molar-refractivity contribution is 5.85. The summed E-state index contributed by atoms with van der Waals surface area (Å²) in [6.45, 7) is 10.8. The van der Waals surface area contributed by atoms with Crippen molar-refractivity contribution >= 4 is 5.91 Å². The van der Waals surface area contributed by atoms with Gasteiger partial charge in [-0.05, 0) is 17.8 Å².